The van der Waals surface area contributed by atoms with Gasteiger partial charge < -0.3 is 4.74 Å². The second kappa shape index (κ2) is 9.85. The molecule has 0 saturated heterocycles. The van der Waals surface area contributed by atoms with Gasteiger partial charge in [0.05, 0.1) is 26.8 Å². The van der Waals surface area contributed by atoms with Gasteiger partial charge in [-0.2, -0.15) is 25.9 Å². The average molecular weight is 584 g/mol. The second-order valence-corrected chi connectivity index (χ2v) is 10.5. The van der Waals surface area contributed by atoms with Crippen LogP contribution in [-0.4, -0.2) is 35.5 Å². The number of nitrogens with zero attached hydrogens (tertiary/aromatic N) is 3. The highest BCUT2D eigenvalue weighted by Gasteiger charge is 2.47. The zero-order valence-corrected chi connectivity index (χ0v) is 21.5. The maximum atomic E-state index is 13.7. The summed E-state index contributed by atoms with van der Waals surface area (Å²) in [6.07, 6.45) is -4.67. The van der Waals surface area contributed by atoms with Gasteiger partial charge in [0.1, 0.15) is 17.1 Å². The number of benzene rings is 3. The molecule has 3 aromatic carbocycles. The van der Waals surface area contributed by atoms with Crippen LogP contribution in [0.2, 0.25) is 5.02 Å². The van der Waals surface area contributed by atoms with Crippen LogP contribution in [0.3, 0.4) is 0 Å². The van der Waals surface area contributed by atoms with E-state index in [-0.39, 0.29) is 22.7 Å². The van der Waals surface area contributed by atoms with Crippen LogP contribution >= 0.6 is 11.6 Å². The van der Waals surface area contributed by atoms with Crippen LogP contribution in [0.5, 0.6) is 11.5 Å². The number of para-hydroxylation sites is 1. The lowest BCUT2D eigenvalue weighted by atomic mass is 10.1. The summed E-state index contributed by atoms with van der Waals surface area (Å²) < 4.78 is 72.0. The fraction of sp³-hybridized carbons (Fsp3) is 0.167. The molecule has 0 atom stereocenters. The summed E-state index contributed by atoms with van der Waals surface area (Å²) in [6.45, 7) is 2.83. The van der Waals surface area contributed by atoms with Crippen LogP contribution in [0.15, 0.2) is 60.7 Å². The molecule has 2 amide bonds. The SMILES string of the molecule is CC(C)N1C(=O)c2ccccc2N(C(=O)c2cc(Oc3ccc(C(F)(F)F)cc3Cl)ccc2[N+](=O)[O-])S1(=O)=O. The topological polar surface area (TPSA) is 127 Å². The number of nitro benzene ring substituents is 1. The Kier molecular flexibility index (Phi) is 7.04. The summed E-state index contributed by atoms with van der Waals surface area (Å²) in [6, 6.07) is 9.48. The number of rotatable bonds is 5. The molecule has 0 bridgehead atoms. The zero-order valence-electron chi connectivity index (χ0n) is 20.0. The van der Waals surface area contributed by atoms with E-state index in [4.69, 9.17) is 16.3 Å². The number of fused-ring (bicyclic) bond motifs is 1. The monoisotopic (exact) mass is 583 g/mol. The van der Waals surface area contributed by atoms with E-state index in [1.807, 2.05) is 0 Å². The van der Waals surface area contributed by atoms with Crippen molar-refractivity contribution in [2.45, 2.75) is 26.1 Å². The highest BCUT2D eigenvalue weighted by molar-refractivity contribution is 7.92. The van der Waals surface area contributed by atoms with Crippen molar-refractivity contribution in [1.29, 1.82) is 0 Å². The normalized spacial score (nSPS) is 14.8. The number of anilines is 1. The van der Waals surface area contributed by atoms with Crippen LogP contribution in [0.1, 0.15) is 40.1 Å². The van der Waals surface area contributed by atoms with Gasteiger partial charge in [0.25, 0.3) is 17.5 Å². The van der Waals surface area contributed by atoms with E-state index in [0.717, 1.165) is 24.3 Å². The van der Waals surface area contributed by atoms with Crippen LogP contribution in [0, 0.1) is 10.1 Å². The molecule has 0 fully saturated rings. The van der Waals surface area contributed by atoms with Crippen molar-refractivity contribution in [2.24, 2.45) is 0 Å². The van der Waals surface area contributed by atoms with Crippen molar-refractivity contribution in [3.63, 3.8) is 0 Å². The van der Waals surface area contributed by atoms with E-state index >= 15 is 0 Å². The first-order valence-electron chi connectivity index (χ1n) is 11.0. The molecular formula is C24H17ClF3N3O7S. The van der Waals surface area contributed by atoms with Gasteiger partial charge in [-0.3, -0.25) is 19.7 Å². The van der Waals surface area contributed by atoms with Gasteiger partial charge >= 0.3 is 16.4 Å². The smallest absolute Gasteiger partial charge is 0.416 e. The quantitative estimate of drug-likeness (QED) is 0.274. The number of hydrogen-bond acceptors (Lipinski definition) is 7. The number of nitro groups is 1. The predicted octanol–water partition coefficient (Wildman–Crippen LogP) is 5.82. The number of alkyl halides is 3. The Bertz CT molecular complexity index is 1630. The molecule has 1 heterocycles. The Balaban J connectivity index is 1.83. The lowest BCUT2D eigenvalue weighted by Crippen LogP contribution is -2.55. The second-order valence-electron chi connectivity index (χ2n) is 8.47. The fourth-order valence-corrected chi connectivity index (χ4v) is 5.84. The van der Waals surface area contributed by atoms with Crippen LogP contribution < -0.4 is 9.04 Å². The first kappa shape index (κ1) is 27.9. The molecule has 0 N–H and O–H groups in total. The minimum atomic E-state index is -4.84. The van der Waals surface area contributed by atoms with Crippen LogP contribution in [0.25, 0.3) is 0 Å². The van der Waals surface area contributed by atoms with Gasteiger partial charge in [-0.05, 0) is 50.2 Å². The van der Waals surface area contributed by atoms with Gasteiger partial charge in [0.2, 0.25) is 0 Å². The number of amides is 2. The molecule has 0 aliphatic carbocycles. The lowest BCUT2D eigenvalue weighted by molar-refractivity contribution is -0.385. The number of halogens is 4. The minimum absolute atomic E-state index is 0.124. The van der Waals surface area contributed by atoms with Crippen LogP contribution in [0.4, 0.5) is 24.5 Å². The summed E-state index contributed by atoms with van der Waals surface area (Å²) in [4.78, 5) is 37.5. The Hall–Kier alpha value is -4.17. The molecule has 15 heteroatoms. The van der Waals surface area contributed by atoms with E-state index < -0.39 is 61.0 Å². The lowest BCUT2D eigenvalue weighted by Gasteiger charge is -2.37. The Morgan fingerprint density at radius 2 is 1.74 bits per heavy atom. The molecule has 1 aliphatic rings. The maximum absolute atomic E-state index is 13.7. The summed E-state index contributed by atoms with van der Waals surface area (Å²) in [7, 11) is -4.84. The van der Waals surface area contributed by atoms with E-state index in [0.29, 0.717) is 20.7 Å². The number of carbonyl (C=O) groups excluding carboxylic acids is 2. The first-order valence-corrected chi connectivity index (χ1v) is 12.8. The molecule has 39 heavy (non-hydrogen) atoms. The number of ether oxygens (including phenoxy) is 1. The standard InChI is InChI=1S/C24H17ClF3N3O7S/c1-13(2)29-22(32)16-5-3-4-6-19(16)30(39(29,36)37)23(33)17-12-15(8-9-20(17)31(34)35)38-21-10-7-14(11-18(21)25)24(26,27)28/h3-13H,1-2H3. The largest absolute Gasteiger partial charge is 0.456 e. The molecule has 4 rings (SSSR count). The van der Waals surface area contributed by atoms with Gasteiger partial charge in [0, 0.05) is 18.2 Å². The van der Waals surface area contributed by atoms with Crippen molar-refractivity contribution < 1.29 is 40.8 Å². The molecule has 10 nitrogen and oxygen atoms in total. The van der Waals surface area contributed by atoms with E-state index in [1.165, 1.54) is 38.1 Å². The zero-order chi connectivity index (χ0) is 28.9. The molecule has 3 aromatic rings. The minimum Gasteiger partial charge on any atom is -0.456 e. The molecule has 0 radical (unpaired) electrons. The summed E-state index contributed by atoms with van der Waals surface area (Å²) in [5.41, 5.74) is -2.99. The molecule has 1 aliphatic heterocycles. The Labute approximate surface area is 224 Å². The van der Waals surface area contributed by atoms with Gasteiger partial charge in [-0.25, -0.2) is 4.31 Å². The van der Waals surface area contributed by atoms with Crippen molar-refractivity contribution in [2.75, 3.05) is 4.31 Å². The maximum Gasteiger partial charge on any atom is 0.416 e. The third-order valence-electron chi connectivity index (χ3n) is 5.57. The van der Waals surface area contributed by atoms with Gasteiger partial charge in [-0.15, -0.1) is 0 Å². The Morgan fingerprint density at radius 1 is 1.08 bits per heavy atom. The summed E-state index contributed by atoms with van der Waals surface area (Å²) in [5, 5.41) is 11.3. The van der Waals surface area contributed by atoms with Gasteiger partial charge in [0.15, 0.2) is 0 Å². The predicted molar refractivity (Wildman–Crippen MR) is 133 cm³/mol. The highest BCUT2D eigenvalue weighted by Crippen LogP contribution is 2.39. The fourth-order valence-electron chi connectivity index (χ4n) is 3.89. The van der Waals surface area contributed by atoms with Gasteiger partial charge in [-0.1, -0.05) is 23.7 Å². The average Bonchev–Trinajstić information content (AvgIpc) is 2.83. The summed E-state index contributed by atoms with van der Waals surface area (Å²) in [5.74, 6) is -2.76. The van der Waals surface area contributed by atoms with E-state index in [1.54, 1.807) is 0 Å². The Morgan fingerprint density at radius 3 is 2.33 bits per heavy atom. The third-order valence-corrected chi connectivity index (χ3v) is 7.77. The molecule has 0 spiro atoms. The van der Waals surface area contributed by atoms with E-state index in [2.05, 4.69) is 0 Å². The third kappa shape index (κ3) is 5.00. The van der Waals surface area contributed by atoms with Crippen molar-refractivity contribution in [3.8, 4) is 11.5 Å². The molecule has 204 valence electrons. The van der Waals surface area contributed by atoms with Crippen molar-refractivity contribution in [1.82, 2.24) is 4.31 Å². The number of carbonyl (C=O) groups is 2. The molecule has 0 aromatic heterocycles. The van der Waals surface area contributed by atoms with Crippen LogP contribution in [-0.2, 0) is 16.4 Å². The first-order chi connectivity index (χ1) is 18.1. The van der Waals surface area contributed by atoms with E-state index in [9.17, 15) is 41.3 Å². The van der Waals surface area contributed by atoms with Crippen molar-refractivity contribution in [3.05, 3.63) is 92.5 Å². The molecule has 0 unspecified atom stereocenters. The highest BCUT2D eigenvalue weighted by atomic mass is 35.5. The number of hydrogen-bond donors (Lipinski definition) is 0. The van der Waals surface area contributed by atoms with Crippen molar-refractivity contribution >= 4 is 45.0 Å². The summed E-state index contributed by atoms with van der Waals surface area (Å²) >= 11 is 5.92. The molecular weight excluding hydrogens is 567 g/mol. The molecule has 0 saturated carbocycles.